The van der Waals surface area contributed by atoms with Crippen LogP contribution in [0.5, 0.6) is 0 Å². The van der Waals surface area contributed by atoms with E-state index in [1.165, 1.54) is 167 Å². The standard InChI is InChI=1S/C72H140O17P2/c1-8-11-12-13-14-31-39-46-53-69(74)82-60-68(89-72(77)56-49-42-35-34-38-45-52-65(7)10-3)62-87-91(80,81)85-58-66(73)57-84-90(78,79)86-61-67(59-83-70(75)54-47-40-32-27-23-20-19-21-25-29-36-43-50-63(4)5)88-71(76)55-48-41-33-28-24-18-16-15-17-22-26-30-37-44-51-64(6)9-2/h63-68,73H,8-62H2,1-7H3,(H,78,79)(H,80,81)/t64?,65?,66-,67-,68-/m1/s1. The van der Waals surface area contributed by atoms with Crippen molar-refractivity contribution in [1.82, 2.24) is 0 Å². The molecular weight excluding hydrogens is 1200 g/mol. The fourth-order valence-electron chi connectivity index (χ4n) is 10.8. The van der Waals surface area contributed by atoms with E-state index in [1.807, 2.05) is 0 Å². The molecule has 0 fully saturated rings. The van der Waals surface area contributed by atoms with Crippen LogP contribution >= 0.6 is 15.6 Å². The van der Waals surface area contributed by atoms with Crippen molar-refractivity contribution in [2.24, 2.45) is 17.8 Å². The molecule has 0 heterocycles. The van der Waals surface area contributed by atoms with Crippen LogP contribution in [0.2, 0.25) is 0 Å². The fraction of sp³-hybridized carbons (Fsp3) is 0.944. The summed E-state index contributed by atoms with van der Waals surface area (Å²) in [7, 11) is -9.90. The van der Waals surface area contributed by atoms with Crippen LogP contribution in [-0.4, -0.2) is 96.7 Å². The minimum atomic E-state index is -4.95. The second-order valence-electron chi connectivity index (χ2n) is 26.9. The molecule has 0 spiro atoms. The number of phosphoric acid groups is 2. The topological polar surface area (TPSA) is 237 Å². The molecule has 0 rings (SSSR count). The van der Waals surface area contributed by atoms with Crippen LogP contribution in [0, 0.1) is 17.8 Å². The van der Waals surface area contributed by atoms with Crippen molar-refractivity contribution in [3.05, 3.63) is 0 Å². The highest BCUT2D eigenvalue weighted by Crippen LogP contribution is 2.45. The zero-order valence-corrected chi connectivity index (χ0v) is 61.1. The molecule has 0 amide bonds. The highest BCUT2D eigenvalue weighted by atomic mass is 31.2. The van der Waals surface area contributed by atoms with E-state index < -0.39 is 97.5 Å². The Morgan fingerprint density at radius 1 is 0.319 bits per heavy atom. The van der Waals surface area contributed by atoms with E-state index >= 15 is 0 Å². The molecule has 0 aromatic carbocycles. The molecule has 3 N–H and O–H groups in total. The first-order valence-electron chi connectivity index (χ1n) is 37.4. The summed E-state index contributed by atoms with van der Waals surface area (Å²) in [4.78, 5) is 72.5. The van der Waals surface area contributed by atoms with Crippen molar-refractivity contribution in [2.75, 3.05) is 39.6 Å². The number of hydrogen-bond acceptors (Lipinski definition) is 15. The maximum absolute atomic E-state index is 13.0. The molecule has 540 valence electrons. The quantitative estimate of drug-likeness (QED) is 0.0222. The summed E-state index contributed by atoms with van der Waals surface area (Å²) in [6, 6.07) is 0. The van der Waals surface area contributed by atoms with Gasteiger partial charge in [0.1, 0.15) is 19.3 Å². The lowest BCUT2D eigenvalue weighted by molar-refractivity contribution is -0.161. The number of carbonyl (C=O) groups is 4. The van der Waals surface area contributed by atoms with E-state index in [0.29, 0.717) is 25.7 Å². The van der Waals surface area contributed by atoms with Crippen molar-refractivity contribution in [3.8, 4) is 0 Å². The van der Waals surface area contributed by atoms with Crippen molar-refractivity contribution in [1.29, 1.82) is 0 Å². The van der Waals surface area contributed by atoms with E-state index in [0.717, 1.165) is 114 Å². The molecular formula is C72H140O17P2. The maximum Gasteiger partial charge on any atom is 0.472 e. The van der Waals surface area contributed by atoms with Crippen LogP contribution in [0.25, 0.3) is 0 Å². The Morgan fingerprint density at radius 3 is 0.835 bits per heavy atom. The molecule has 7 atom stereocenters. The molecule has 19 heteroatoms. The van der Waals surface area contributed by atoms with Crippen LogP contribution in [0.1, 0.15) is 363 Å². The van der Waals surface area contributed by atoms with Crippen LogP contribution in [-0.2, 0) is 65.4 Å². The minimum absolute atomic E-state index is 0.103. The number of unbranched alkanes of at least 4 members (excludes halogenated alkanes) is 36. The van der Waals surface area contributed by atoms with Gasteiger partial charge in [-0.05, 0) is 43.4 Å². The molecule has 0 saturated carbocycles. The summed E-state index contributed by atoms with van der Waals surface area (Å²) in [6.45, 7) is 11.9. The van der Waals surface area contributed by atoms with E-state index in [1.54, 1.807) is 0 Å². The van der Waals surface area contributed by atoms with Gasteiger partial charge in [-0.1, -0.05) is 312 Å². The first-order valence-corrected chi connectivity index (χ1v) is 40.4. The van der Waals surface area contributed by atoms with Gasteiger partial charge in [0.05, 0.1) is 26.4 Å². The van der Waals surface area contributed by atoms with Gasteiger partial charge < -0.3 is 33.8 Å². The molecule has 17 nitrogen and oxygen atoms in total. The molecule has 0 aromatic rings. The van der Waals surface area contributed by atoms with E-state index in [2.05, 4.69) is 48.5 Å². The Morgan fingerprint density at radius 2 is 0.560 bits per heavy atom. The van der Waals surface area contributed by atoms with Gasteiger partial charge in [0.2, 0.25) is 0 Å². The predicted molar refractivity (Wildman–Crippen MR) is 368 cm³/mol. The molecule has 0 radical (unpaired) electrons. The average Bonchev–Trinajstić information content (AvgIpc) is 3.54. The van der Waals surface area contributed by atoms with Gasteiger partial charge in [-0.3, -0.25) is 37.3 Å². The highest BCUT2D eigenvalue weighted by molar-refractivity contribution is 7.47. The third-order valence-electron chi connectivity index (χ3n) is 17.4. The molecule has 0 saturated heterocycles. The number of rotatable bonds is 70. The molecule has 0 aliphatic carbocycles. The number of esters is 4. The first-order chi connectivity index (χ1) is 43.8. The zero-order chi connectivity index (χ0) is 67.3. The van der Waals surface area contributed by atoms with Crippen molar-refractivity contribution in [2.45, 2.75) is 381 Å². The number of ether oxygens (including phenoxy) is 4. The molecule has 4 unspecified atom stereocenters. The maximum atomic E-state index is 13.0. The average molecular weight is 1340 g/mol. The lowest BCUT2D eigenvalue weighted by Gasteiger charge is -2.21. The van der Waals surface area contributed by atoms with E-state index in [4.69, 9.17) is 37.0 Å². The van der Waals surface area contributed by atoms with Crippen LogP contribution in [0.3, 0.4) is 0 Å². The molecule has 0 aliphatic rings. The Kier molecular flexibility index (Phi) is 61.5. The molecule has 0 aliphatic heterocycles. The van der Waals surface area contributed by atoms with E-state index in [-0.39, 0.29) is 25.7 Å². The lowest BCUT2D eigenvalue weighted by atomic mass is 9.99. The molecule has 0 bridgehead atoms. The van der Waals surface area contributed by atoms with Gasteiger partial charge in [0.25, 0.3) is 0 Å². The number of aliphatic hydroxyl groups is 1. The van der Waals surface area contributed by atoms with Crippen LogP contribution < -0.4 is 0 Å². The van der Waals surface area contributed by atoms with Crippen LogP contribution in [0.15, 0.2) is 0 Å². The van der Waals surface area contributed by atoms with Crippen molar-refractivity contribution < 1.29 is 80.2 Å². The monoisotopic (exact) mass is 1340 g/mol. The fourth-order valence-corrected chi connectivity index (χ4v) is 12.4. The Balaban J connectivity index is 5.22. The van der Waals surface area contributed by atoms with Crippen molar-refractivity contribution >= 4 is 39.5 Å². The minimum Gasteiger partial charge on any atom is -0.462 e. The van der Waals surface area contributed by atoms with E-state index in [9.17, 15) is 43.2 Å². The van der Waals surface area contributed by atoms with Gasteiger partial charge in [-0.2, -0.15) is 0 Å². The van der Waals surface area contributed by atoms with Gasteiger partial charge in [0.15, 0.2) is 12.2 Å². The summed E-state index contributed by atoms with van der Waals surface area (Å²) >= 11 is 0. The van der Waals surface area contributed by atoms with Gasteiger partial charge in [-0.15, -0.1) is 0 Å². The zero-order valence-electron chi connectivity index (χ0n) is 59.3. The SMILES string of the molecule is CCCCCCCCCCC(=O)OC[C@H](COP(=O)(O)OC[C@H](O)COP(=O)(O)OC[C@@H](COC(=O)CCCCCCCCCCCCCCC(C)C)OC(=O)CCCCCCCCCCCCCCCCC(C)CC)OC(=O)CCCCCCCCC(C)CC. The van der Waals surface area contributed by atoms with Gasteiger partial charge >= 0.3 is 39.5 Å². The van der Waals surface area contributed by atoms with Crippen molar-refractivity contribution in [3.63, 3.8) is 0 Å². The summed E-state index contributed by atoms with van der Waals surface area (Å²) in [5.41, 5.74) is 0. The summed E-state index contributed by atoms with van der Waals surface area (Å²) in [5, 5.41) is 10.6. The predicted octanol–water partition coefficient (Wildman–Crippen LogP) is 20.6. The molecule has 91 heavy (non-hydrogen) atoms. The highest BCUT2D eigenvalue weighted by Gasteiger charge is 2.30. The normalized spacial score (nSPS) is 14.8. The van der Waals surface area contributed by atoms with Gasteiger partial charge in [-0.25, -0.2) is 9.13 Å². The third kappa shape index (κ3) is 63.9. The second-order valence-corrected chi connectivity index (χ2v) is 29.8. The number of hydrogen-bond donors (Lipinski definition) is 3. The first kappa shape index (κ1) is 89.1. The summed E-state index contributed by atoms with van der Waals surface area (Å²) in [6.07, 6.45) is 47.2. The Bertz CT molecular complexity index is 1790. The Labute approximate surface area is 556 Å². The largest absolute Gasteiger partial charge is 0.472 e. The summed E-state index contributed by atoms with van der Waals surface area (Å²) in [5.74, 6) is 0.220. The summed E-state index contributed by atoms with van der Waals surface area (Å²) < 4.78 is 68.3. The van der Waals surface area contributed by atoms with Crippen LogP contribution in [0.4, 0.5) is 0 Å². The third-order valence-corrected chi connectivity index (χ3v) is 19.3. The van der Waals surface area contributed by atoms with Gasteiger partial charge in [0, 0.05) is 25.7 Å². The molecule has 0 aromatic heterocycles. The number of carbonyl (C=O) groups excluding carboxylic acids is 4. The number of phosphoric ester groups is 2. The number of aliphatic hydroxyl groups excluding tert-OH is 1. The Hall–Kier alpha value is -1.94. The second kappa shape index (κ2) is 62.8. The smallest absolute Gasteiger partial charge is 0.462 e. The lowest BCUT2D eigenvalue weighted by Crippen LogP contribution is -2.30.